The minimum Gasteiger partial charge on any atom is -0.323 e. The van der Waals surface area contributed by atoms with E-state index in [-0.39, 0.29) is 0 Å². The fraction of sp³-hybridized carbons (Fsp3) is 0.750. The van der Waals surface area contributed by atoms with E-state index in [0.717, 1.165) is 19.5 Å². The van der Waals surface area contributed by atoms with E-state index in [1.807, 2.05) is 18.9 Å². The molecule has 2 rings (SSSR count). The van der Waals surface area contributed by atoms with Gasteiger partial charge in [-0.3, -0.25) is 0 Å². The summed E-state index contributed by atoms with van der Waals surface area (Å²) in [6, 6.07) is 1.10. The molecule has 0 aliphatic carbocycles. The van der Waals surface area contributed by atoms with Crippen molar-refractivity contribution in [1.29, 1.82) is 0 Å². The maximum Gasteiger partial charge on any atom is 0.324 e. The molecule has 0 aromatic carbocycles. The maximum atomic E-state index is 5.08. The lowest BCUT2D eigenvalue weighted by molar-refractivity contribution is 0.405. The van der Waals surface area contributed by atoms with E-state index in [2.05, 4.69) is 15.5 Å². The van der Waals surface area contributed by atoms with Crippen molar-refractivity contribution in [1.82, 2.24) is 15.5 Å². The summed E-state index contributed by atoms with van der Waals surface area (Å²) in [5.41, 5.74) is 0. The normalized spacial score (nSPS) is 22.2. The summed E-state index contributed by atoms with van der Waals surface area (Å²) < 4.78 is 5.08. The molecule has 0 spiro atoms. The number of hydrogen-bond donors (Lipinski definition) is 1. The first-order chi connectivity index (χ1) is 6.27. The number of nitrogens with one attached hydrogen (secondary N) is 1. The summed E-state index contributed by atoms with van der Waals surface area (Å²) >= 11 is 0. The summed E-state index contributed by atoms with van der Waals surface area (Å²) in [5, 5.41) is 7.06. The molecule has 1 aromatic rings. The first-order valence-corrected chi connectivity index (χ1v) is 4.51. The van der Waals surface area contributed by atoms with Crippen molar-refractivity contribution in [2.75, 3.05) is 25.0 Å². The molecule has 1 fully saturated rings. The molecule has 5 nitrogen and oxygen atoms in total. The van der Waals surface area contributed by atoms with Crippen LogP contribution in [0.1, 0.15) is 12.2 Å². The van der Waals surface area contributed by atoms with Gasteiger partial charge in [-0.2, -0.15) is 4.98 Å². The Morgan fingerprint density at radius 3 is 3.00 bits per heavy atom. The third kappa shape index (κ3) is 1.65. The first-order valence-electron chi connectivity index (χ1n) is 4.51. The Balaban J connectivity index is 2.07. The average molecular weight is 182 g/mol. The van der Waals surface area contributed by atoms with E-state index in [9.17, 15) is 0 Å². The van der Waals surface area contributed by atoms with Gasteiger partial charge in [0.1, 0.15) is 0 Å². The van der Waals surface area contributed by atoms with Crippen LogP contribution in [0.2, 0.25) is 0 Å². The van der Waals surface area contributed by atoms with Gasteiger partial charge in [-0.25, -0.2) is 0 Å². The summed E-state index contributed by atoms with van der Waals surface area (Å²) in [5.74, 6) is 0.688. The van der Waals surface area contributed by atoms with Crippen LogP contribution in [-0.2, 0) is 0 Å². The molecule has 0 bridgehead atoms. The molecule has 5 heteroatoms. The minimum absolute atomic E-state index is 0.486. The molecule has 1 aliphatic rings. The number of rotatable bonds is 2. The van der Waals surface area contributed by atoms with Crippen LogP contribution in [0.15, 0.2) is 4.52 Å². The summed E-state index contributed by atoms with van der Waals surface area (Å²) in [6.07, 6.45) is 1.14. The highest BCUT2D eigenvalue weighted by molar-refractivity contribution is 5.26. The highest BCUT2D eigenvalue weighted by Crippen LogP contribution is 2.15. The molecule has 0 radical (unpaired) electrons. The molecule has 13 heavy (non-hydrogen) atoms. The minimum atomic E-state index is 0.486. The van der Waals surface area contributed by atoms with Gasteiger partial charge in [-0.15, -0.1) is 0 Å². The fourth-order valence-electron chi connectivity index (χ4n) is 1.56. The topological polar surface area (TPSA) is 54.2 Å². The Morgan fingerprint density at radius 1 is 1.62 bits per heavy atom. The van der Waals surface area contributed by atoms with Crippen LogP contribution in [0.3, 0.4) is 0 Å². The largest absolute Gasteiger partial charge is 0.324 e. The molecule has 1 N–H and O–H groups in total. The predicted molar refractivity (Wildman–Crippen MR) is 48.7 cm³/mol. The highest BCUT2D eigenvalue weighted by atomic mass is 16.5. The van der Waals surface area contributed by atoms with Gasteiger partial charge in [-0.05, 0) is 19.9 Å². The molecular formula is C8H14N4O. The van der Waals surface area contributed by atoms with Crippen molar-refractivity contribution in [2.45, 2.75) is 19.4 Å². The van der Waals surface area contributed by atoms with E-state index in [4.69, 9.17) is 4.52 Å². The van der Waals surface area contributed by atoms with E-state index < -0.39 is 0 Å². The van der Waals surface area contributed by atoms with Crippen LogP contribution < -0.4 is 10.2 Å². The third-order valence-corrected chi connectivity index (χ3v) is 2.40. The van der Waals surface area contributed by atoms with E-state index in [0.29, 0.717) is 17.9 Å². The van der Waals surface area contributed by atoms with Gasteiger partial charge in [0.2, 0.25) is 0 Å². The summed E-state index contributed by atoms with van der Waals surface area (Å²) in [6.45, 7) is 3.90. The molecule has 2 heterocycles. The van der Waals surface area contributed by atoms with Crippen LogP contribution in [0.25, 0.3) is 0 Å². The van der Waals surface area contributed by atoms with Gasteiger partial charge in [0, 0.05) is 19.6 Å². The van der Waals surface area contributed by atoms with Gasteiger partial charge < -0.3 is 14.7 Å². The molecule has 1 aliphatic heterocycles. The molecule has 72 valence electrons. The predicted octanol–water partition coefficient (Wildman–Crippen LogP) is 0.176. The third-order valence-electron chi connectivity index (χ3n) is 2.40. The van der Waals surface area contributed by atoms with Crippen molar-refractivity contribution in [3.63, 3.8) is 0 Å². The number of hydrogen-bond acceptors (Lipinski definition) is 5. The lowest BCUT2D eigenvalue weighted by Gasteiger charge is -2.20. The van der Waals surface area contributed by atoms with Crippen LogP contribution in [0.5, 0.6) is 0 Å². The highest BCUT2D eigenvalue weighted by Gasteiger charge is 2.22. The second-order valence-corrected chi connectivity index (χ2v) is 3.38. The molecule has 1 unspecified atom stereocenters. The van der Waals surface area contributed by atoms with Crippen LogP contribution in [0, 0.1) is 6.92 Å². The second kappa shape index (κ2) is 3.33. The summed E-state index contributed by atoms with van der Waals surface area (Å²) in [7, 11) is 1.99. The van der Waals surface area contributed by atoms with E-state index >= 15 is 0 Å². The van der Waals surface area contributed by atoms with E-state index in [1.165, 1.54) is 0 Å². The Labute approximate surface area is 77.1 Å². The second-order valence-electron chi connectivity index (χ2n) is 3.38. The Morgan fingerprint density at radius 2 is 2.46 bits per heavy atom. The molecule has 0 amide bonds. The molecular weight excluding hydrogens is 168 g/mol. The van der Waals surface area contributed by atoms with Crippen molar-refractivity contribution in [3.05, 3.63) is 5.82 Å². The maximum absolute atomic E-state index is 5.08. The SMILES string of the molecule is Cc1noc(N(C)C2CCNC2)n1. The number of aryl methyl sites for hydroxylation is 1. The number of anilines is 1. The van der Waals surface area contributed by atoms with E-state index in [1.54, 1.807) is 0 Å². The van der Waals surface area contributed by atoms with Gasteiger partial charge in [0.05, 0.1) is 0 Å². The van der Waals surface area contributed by atoms with Crippen LogP contribution >= 0.6 is 0 Å². The number of aromatic nitrogens is 2. The van der Waals surface area contributed by atoms with Gasteiger partial charge in [0.15, 0.2) is 5.82 Å². The van der Waals surface area contributed by atoms with Crippen molar-refractivity contribution in [3.8, 4) is 0 Å². The lowest BCUT2D eigenvalue weighted by Crippen LogP contribution is -2.33. The Hall–Kier alpha value is -1.10. The van der Waals surface area contributed by atoms with Crippen LogP contribution in [-0.4, -0.2) is 36.3 Å². The monoisotopic (exact) mass is 182 g/mol. The van der Waals surface area contributed by atoms with Crippen LogP contribution in [0.4, 0.5) is 6.01 Å². The van der Waals surface area contributed by atoms with Gasteiger partial charge in [-0.1, -0.05) is 5.16 Å². The number of nitrogens with zero attached hydrogens (tertiary/aromatic N) is 3. The molecule has 1 saturated heterocycles. The molecule has 0 saturated carbocycles. The zero-order chi connectivity index (χ0) is 9.26. The van der Waals surface area contributed by atoms with Gasteiger partial charge in [0.25, 0.3) is 0 Å². The molecule has 1 aromatic heterocycles. The van der Waals surface area contributed by atoms with Gasteiger partial charge >= 0.3 is 6.01 Å². The smallest absolute Gasteiger partial charge is 0.323 e. The molecule has 1 atom stereocenters. The fourth-order valence-corrected chi connectivity index (χ4v) is 1.56. The first kappa shape index (κ1) is 8.50. The van der Waals surface area contributed by atoms with Crippen molar-refractivity contribution < 1.29 is 4.52 Å². The Kier molecular flexibility index (Phi) is 2.18. The van der Waals surface area contributed by atoms with Crippen molar-refractivity contribution in [2.24, 2.45) is 0 Å². The zero-order valence-corrected chi connectivity index (χ0v) is 7.95. The average Bonchev–Trinajstić information content (AvgIpc) is 2.72. The Bertz CT molecular complexity index is 279. The summed E-state index contributed by atoms with van der Waals surface area (Å²) in [4.78, 5) is 6.22. The quantitative estimate of drug-likeness (QED) is 0.707. The lowest BCUT2D eigenvalue weighted by atomic mass is 10.2. The standard InChI is InChI=1S/C8H14N4O/c1-6-10-8(13-11-6)12(2)7-3-4-9-5-7/h7,9H,3-5H2,1-2H3. The number of likely N-dealkylation sites (N-methyl/N-ethyl adjacent to an activating group) is 1. The zero-order valence-electron chi connectivity index (χ0n) is 7.95. The van der Waals surface area contributed by atoms with Crippen molar-refractivity contribution >= 4 is 6.01 Å².